The number of hydrogen-bond donors (Lipinski definition) is 2. The van der Waals surface area contributed by atoms with Gasteiger partial charge < -0.3 is 20.3 Å². The third-order valence-electron chi connectivity index (χ3n) is 7.13. The summed E-state index contributed by atoms with van der Waals surface area (Å²) in [6, 6.07) is 9.22. The SMILES string of the molecule is O=C(NC1CC2(CCN(C(=O)C3CCNCC3)CC2)Oc2ccc(F)cc21)c1ccccn1. The van der Waals surface area contributed by atoms with Crippen molar-refractivity contribution in [3.8, 4) is 5.75 Å². The average Bonchev–Trinajstić information content (AvgIpc) is 2.86. The van der Waals surface area contributed by atoms with Gasteiger partial charge >= 0.3 is 0 Å². The zero-order valence-electron chi connectivity index (χ0n) is 18.6. The fourth-order valence-electron chi connectivity index (χ4n) is 5.27. The minimum Gasteiger partial charge on any atom is -0.487 e. The number of nitrogens with one attached hydrogen (secondary N) is 2. The van der Waals surface area contributed by atoms with Crippen molar-refractivity contribution < 1.29 is 18.7 Å². The van der Waals surface area contributed by atoms with E-state index in [0.29, 0.717) is 49.4 Å². The molecular weight excluding hydrogens is 423 g/mol. The molecule has 8 heteroatoms. The molecule has 2 aromatic rings. The molecule has 3 aliphatic heterocycles. The Balaban J connectivity index is 1.32. The van der Waals surface area contributed by atoms with E-state index < -0.39 is 11.6 Å². The first-order valence-electron chi connectivity index (χ1n) is 11.7. The largest absolute Gasteiger partial charge is 0.487 e. The van der Waals surface area contributed by atoms with Crippen molar-refractivity contribution in [2.75, 3.05) is 26.2 Å². The number of rotatable bonds is 3. The Labute approximate surface area is 192 Å². The molecule has 2 N–H and O–H groups in total. The number of piperidine rings is 2. The van der Waals surface area contributed by atoms with Crippen LogP contribution in [0.5, 0.6) is 5.75 Å². The molecule has 3 aliphatic rings. The molecule has 4 heterocycles. The van der Waals surface area contributed by atoms with Crippen LogP contribution in [-0.2, 0) is 4.79 Å². The molecular formula is C25H29FN4O3. The first-order valence-corrected chi connectivity index (χ1v) is 11.7. The highest BCUT2D eigenvalue weighted by molar-refractivity contribution is 5.92. The van der Waals surface area contributed by atoms with E-state index in [4.69, 9.17) is 4.74 Å². The second-order valence-corrected chi connectivity index (χ2v) is 9.26. The summed E-state index contributed by atoms with van der Waals surface area (Å²) in [5.74, 6) is 0.262. The third-order valence-corrected chi connectivity index (χ3v) is 7.13. The third kappa shape index (κ3) is 4.57. The molecule has 2 amide bonds. The van der Waals surface area contributed by atoms with Crippen molar-refractivity contribution >= 4 is 11.8 Å². The molecule has 2 saturated heterocycles. The van der Waals surface area contributed by atoms with Crippen molar-refractivity contribution in [2.45, 2.75) is 43.7 Å². The molecule has 1 spiro atoms. The first kappa shape index (κ1) is 21.8. The number of amides is 2. The van der Waals surface area contributed by atoms with E-state index in [1.165, 1.54) is 12.1 Å². The number of likely N-dealkylation sites (tertiary alicyclic amines) is 1. The van der Waals surface area contributed by atoms with Crippen LogP contribution in [0.3, 0.4) is 0 Å². The number of carbonyl (C=O) groups excluding carboxylic acids is 2. The van der Waals surface area contributed by atoms with Crippen LogP contribution in [0.1, 0.15) is 54.2 Å². The molecule has 2 fully saturated rings. The Morgan fingerprint density at radius 3 is 2.67 bits per heavy atom. The fraction of sp³-hybridized carbons (Fsp3) is 0.480. The average molecular weight is 453 g/mol. The van der Waals surface area contributed by atoms with Crippen molar-refractivity contribution in [3.63, 3.8) is 0 Å². The standard InChI is InChI=1S/C25H29FN4O3/c26-18-4-5-22-19(15-18)21(29-23(31)20-3-1-2-10-28-20)16-25(33-22)8-13-30(14-9-25)24(32)17-6-11-27-12-7-17/h1-5,10,15,17,21,27H,6-9,11-14,16H2,(H,29,31). The molecule has 174 valence electrons. The van der Waals surface area contributed by atoms with Crippen LogP contribution in [-0.4, -0.2) is 53.5 Å². The van der Waals surface area contributed by atoms with Gasteiger partial charge in [-0.3, -0.25) is 14.6 Å². The molecule has 0 radical (unpaired) electrons. The zero-order chi connectivity index (χ0) is 22.8. The van der Waals surface area contributed by atoms with Gasteiger partial charge in [-0.15, -0.1) is 0 Å². The van der Waals surface area contributed by atoms with E-state index in [9.17, 15) is 14.0 Å². The Kier molecular flexibility index (Phi) is 6.01. The van der Waals surface area contributed by atoms with E-state index in [2.05, 4.69) is 15.6 Å². The molecule has 33 heavy (non-hydrogen) atoms. The highest BCUT2D eigenvalue weighted by Crippen LogP contribution is 2.44. The molecule has 1 aromatic heterocycles. The quantitative estimate of drug-likeness (QED) is 0.748. The smallest absolute Gasteiger partial charge is 0.270 e. The predicted octanol–water partition coefficient (Wildman–Crippen LogP) is 2.84. The van der Waals surface area contributed by atoms with E-state index in [1.54, 1.807) is 30.5 Å². The van der Waals surface area contributed by atoms with Crippen LogP contribution < -0.4 is 15.4 Å². The monoisotopic (exact) mass is 452 g/mol. The molecule has 5 rings (SSSR count). The van der Waals surface area contributed by atoms with Gasteiger partial charge in [0.05, 0.1) is 6.04 Å². The number of halogens is 1. The molecule has 1 aromatic carbocycles. The highest BCUT2D eigenvalue weighted by atomic mass is 19.1. The lowest BCUT2D eigenvalue weighted by Gasteiger charge is -2.47. The summed E-state index contributed by atoms with van der Waals surface area (Å²) in [6.45, 7) is 3.03. The van der Waals surface area contributed by atoms with E-state index in [0.717, 1.165) is 25.9 Å². The number of nitrogens with zero attached hydrogens (tertiary/aromatic N) is 2. The molecule has 1 atom stereocenters. The van der Waals surface area contributed by atoms with Gasteiger partial charge in [0, 0.05) is 50.0 Å². The maximum absolute atomic E-state index is 14.0. The van der Waals surface area contributed by atoms with Gasteiger partial charge in [-0.1, -0.05) is 6.07 Å². The lowest BCUT2D eigenvalue weighted by Crippen LogP contribution is -2.54. The number of fused-ring (bicyclic) bond motifs is 1. The van der Waals surface area contributed by atoms with Gasteiger partial charge in [0.1, 0.15) is 22.9 Å². The number of hydrogen-bond acceptors (Lipinski definition) is 5. The van der Waals surface area contributed by atoms with Gasteiger partial charge in [0.15, 0.2) is 0 Å². The Hall–Kier alpha value is -3.00. The zero-order valence-corrected chi connectivity index (χ0v) is 18.6. The number of pyridine rings is 1. The maximum Gasteiger partial charge on any atom is 0.270 e. The number of aromatic nitrogens is 1. The topological polar surface area (TPSA) is 83.6 Å². The van der Waals surface area contributed by atoms with Crippen LogP contribution in [0.2, 0.25) is 0 Å². The van der Waals surface area contributed by atoms with Crippen molar-refractivity contribution in [1.29, 1.82) is 0 Å². The molecule has 0 saturated carbocycles. The summed E-state index contributed by atoms with van der Waals surface area (Å²) in [6.07, 6.45) is 5.22. The normalized spacial score (nSPS) is 22.3. The number of ether oxygens (including phenoxy) is 1. The van der Waals surface area contributed by atoms with Gasteiger partial charge in [-0.25, -0.2) is 4.39 Å². The van der Waals surface area contributed by atoms with Crippen molar-refractivity contribution in [1.82, 2.24) is 20.5 Å². The van der Waals surface area contributed by atoms with E-state index in [1.807, 2.05) is 4.90 Å². The number of benzene rings is 1. The summed E-state index contributed by atoms with van der Waals surface area (Å²) >= 11 is 0. The summed E-state index contributed by atoms with van der Waals surface area (Å²) in [4.78, 5) is 31.9. The molecule has 0 bridgehead atoms. The lowest BCUT2D eigenvalue weighted by atomic mass is 9.80. The Morgan fingerprint density at radius 2 is 1.94 bits per heavy atom. The minimum absolute atomic E-state index is 0.0988. The first-order chi connectivity index (χ1) is 16.0. The minimum atomic E-state index is -0.502. The van der Waals surface area contributed by atoms with Gasteiger partial charge in [-0.05, 0) is 56.3 Å². The predicted molar refractivity (Wildman–Crippen MR) is 120 cm³/mol. The van der Waals surface area contributed by atoms with Gasteiger partial charge in [-0.2, -0.15) is 0 Å². The van der Waals surface area contributed by atoms with Gasteiger partial charge in [0.25, 0.3) is 5.91 Å². The summed E-state index contributed by atoms with van der Waals surface area (Å²) in [5, 5.41) is 6.35. The van der Waals surface area contributed by atoms with Gasteiger partial charge in [0.2, 0.25) is 5.91 Å². The van der Waals surface area contributed by atoms with Crippen LogP contribution in [0, 0.1) is 11.7 Å². The second-order valence-electron chi connectivity index (χ2n) is 9.26. The molecule has 1 unspecified atom stereocenters. The Morgan fingerprint density at radius 1 is 1.15 bits per heavy atom. The van der Waals surface area contributed by atoms with E-state index in [-0.39, 0.29) is 23.5 Å². The summed E-state index contributed by atoms with van der Waals surface area (Å²) in [5.41, 5.74) is 0.453. The fourth-order valence-corrected chi connectivity index (χ4v) is 5.27. The Bertz CT molecular complexity index is 1020. The summed E-state index contributed by atoms with van der Waals surface area (Å²) in [7, 11) is 0. The molecule has 0 aliphatic carbocycles. The highest BCUT2D eigenvalue weighted by Gasteiger charge is 2.45. The maximum atomic E-state index is 14.0. The number of carbonyl (C=O) groups is 2. The van der Waals surface area contributed by atoms with Crippen LogP contribution in [0.15, 0.2) is 42.6 Å². The van der Waals surface area contributed by atoms with Crippen LogP contribution in [0.25, 0.3) is 0 Å². The summed E-state index contributed by atoms with van der Waals surface area (Å²) < 4.78 is 20.5. The van der Waals surface area contributed by atoms with Crippen molar-refractivity contribution in [2.24, 2.45) is 5.92 Å². The van der Waals surface area contributed by atoms with E-state index >= 15 is 0 Å². The van der Waals surface area contributed by atoms with Crippen LogP contribution in [0.4, 0.5) is 4.39 Å². The van der Waals surface area contributed by atoms with Crippen molar-refractivity contribution in [3.05, 3.63) is 59.7 Å². The lowest BCUT2D eigenvalue weighted by molar-refractivity contribution is -0.140. The second kappa shape index (κ2) is 9.09. The van der Waals surface area contributed by atoms with Crippen LogP contribution >= 0.6 is 0 Å². The molecule has 7 nitrogen and oxygen atoms in total.